The molecule has 0 aliphatic carbocycles. The van der Waals surface area contributed by atoms with Crippen LogP contribution in [0.25, 0.3) is 0 Å². The molecule has 0 saturated carbocycles. The molecule has 1 atom stereocenters. The van der Waals surface area contributed by atoms with Gasteiger partial charge in [0.15, 0.2) is 0 Å². The van der Waals surface area contributed by atoms with Gasteiger partial charge in [0.1, 0.15) is 5.75 Å². The first kappa shape index (κ1) is 13.7. The summed E-state index contributed by atoms with van der Waals surface area (Å²) in [7, 11) is 2.80. The number of benzene rings is 1. The average molecular weight is 284 g/mol. The average Bonchev–Trinajstić information content (AvgIpc) is 2.76. The van der Waals surface area contributed by atoms with Crippen molar-refractivity contribution in [3.8, 4) is 5.75 Å². The largest absolute Gasteiger partial charge is 0.497 e. The molecule has 1 aromatic rings. The maximum absolute atomic E-state index is 11.9. The Morgan fingerprint density at radius 1 is 1.42 bits per heavy atom. The van der Waals surface area contributed by atoms with Gasteiger partial charge in [0.05, 0.1) is 30.8 Å². The number of methoxy groups -OCH3 is 2. The lowest BCUT2D eigenvalue weighted by Crippen LogP contribution is -2.26. The number of hydrogen-bond acceptors (Lipinski definition) is 4. The maximum Gasteiger partial charge on any atom is 0.340 e. The van der Waals surface area contributed by atoms with Crippen LogP contribution in [0.3, 0.4) is 0 Å². The monoisotopic (exact) mass is 283 g/mol. The van der Waals surface area contributed by atoms with E-state index in [1.165, 1.54) is 19.1 Å². The van der Waals surface area contributed by atoms with Crippen molar-refractivity contribution in [2.75, 3.05) is 25.7 Å². The summed E-state index contributed by atoms with van der Waals surface area (Å²) >= 11 is 5.97. The van der Waals surface area contributed by atoms with Gasteiger partial charge in [-0.15, -0.1) is 11.6 Å². The van der Waals surface area contributed by atoms with Crippen molar-refractivity contribution < 1.29 is 19.1 Å². The lowest BCUT2D eigenvalue weighted by Gasteiger charge is -2.19. The van der Waals surface area contributed by atoms with Gasteiger partial charge in [-0.1, -0.05) is 0 Å². The molecular weight excluding hydrogens is 270 g/mol. The molecule has 102 valence electrons. The topological polar surface area (TPSA) is 55.8 Å². The Labute approximate surface area is 116 Å². The molecule has 0 aromatic heterocycles. The fraction of sp³-hybridized carbons (Fsp3) is 0.385. The Bertz CT molecular complexity index is 517. The molecule has 0 bridgehead atoms. The van der Waals surface area contributed by atoms with Crippen LogP contribution in [0.2, 0.25) is 0 Å². The lowest BCUT2D eigenvalue weighted by atomic mass is 10.1. The molecular formula is C13H14ClNO4. The predicted molar refractivity (Wildman–Crippen MR) is 70.9 cm³/mol. The molecule has 1 heterocycles. The number of anilines is 1. The van der Waals surface area contributed by atoms with Crippen molar-refractivity contribution in [3.63, 3.8) is 0 Å². The summed E-state index contributed by atoms with van der Waals surface area (Å²) in [6, 6.07) is 4.91. The third-order valence-electron chi connectivity index (χ3n) is 2.98. The minimum absolute atomic E-state index is 0.102. The zero-order valence-electron chi connectivity index (χ0n) is 10.7. The van der Waals surface area contributed by atoms with Crippen LogP contribution in [-0.2, 0) is 9.53 Å². The molecule has 0 spiro atoms. The second-order valence-electron chi connectivity index (χ2n) is 4.18. The van der Waals surface area contributed by atoms with Crippen molar-refractivity contribution >= 4 is 29.2 Å². The van der Waals surface area contributed by atoms with E-state index >= 15 is 0 Å². The van der Waals surface area contributed by atoms with E-state index in [1.54, 1.807) is 18.2 Å². The molecule has 5 nitrogen and oxygen atoms in total. The second-order valence-corrected chi connectivity index (χ2v) is 4.80. The number of carbonyl (C=O) groups is 2. The number of amides is 1. The van der Waals surface area contributed by atoms with Crippen molar-refractivity contribution in [3.05, 3.63) is 23.8 Å². The zero-order valence-corrected chi connectivity index (χ0v) is 11.4. The van der Waals surface area contributed by atoms with Gasteiger partial charge >= 0.3 is 5.97 Å². The molecule has 19 heavy (non-hydrogen) atoms. The quantitative estimate of drug-likeness (QED) is 0.627. The standard InChI is InChI=1S/C13H14ClNO4/c1-18-9-3-4-11(10(6-9)13(17)19-2)15-7-8(14)5-12(15)16/h3-4,6,8H,5,7H2,1-2H3. The molecule has 1 fully saturated rings. The molecule has 2 rings (SSSR count). The van der Waals surface area contributed by atoms with Gasteiger partial charge in [-0.2, -0.15) is 0 Å². The molecule has 1 aliphatic heterocycles. The van der Waals surface area contributed by atoms with Gasteiger partial charge in [0, 0.05) is 13.0 Å². The van der Waals surface area contributed by atoms with E-state index in [9.17, 15) is 9.59 Å². The second kappa shape index (κ2) is 5.48. The van der Waals surface area contributed by atoms with Crippen LogP contribution in [-0.4, -0.2) is 38.0 Å². The van der Waals surface area contributed by atoms with E-state index in [0.29, 0.717) is 23.5 Å². The Kier molecular flexibility index (Phi) is 3.95. The summed E-state index contributed by atoms with van der Waals surface area (Å²) in [6.07, 6.45) is 0.272. The van der Waals surface area contributed by atoms with Gasteiger partial charge in [0.25, 0.3) is 0 Å². The summed E-state index contributed by atoms with van der Waals surface area (Å²) in [6.45, 7) is 0.386. The smallest absolute Gasteiger partial charge is 0.340 e. The van der Waals surface area contributed by atoms with E-state index < -0.39 is 5.97 Å². The maximum atomic E-state index is 11.9. The number of carbonyl (C=O) groups excluding carboxylic acids is 2. The van der Waals surface area contributed by atoms with E-state index in [1.807, 2.05) is 0 Å². The van der Waals surface area contributed by atoms with Crippen LogP contribution in [0, 0.1) is 0 Å². The summed E-state index contributed by atoms with van der Waals surface area (Å²) in [4.78, 5) is 25.2. The van der Waals surface area contributed by atoms with Gasteiger partial charge in [0.2, 0.25) is 5.91 Å². The SMILES string of the molecule is COC(=O)c1cc(OC)ccc1N1CC(Cl)CC1=O. The first-order valence-electron chi connectivity index (χ1n) is 5.77. The predicted octanol–water partition coefficient (Wildman–Crippen LogP) is 1.83. The van der Waals surface area contributed by atoms with Crippen molar-refractivity contribution in [1.29, 1.82) is 0 Å². The van der Waals surface area contributed by atoms with Crippen LogP contribution in [0.5, 0.6) is 5.75 Å². The van der Waals surface area contributed by atoms with Crippen molar-refractivity contribution in [1.82, 2.24) is 0 Å². The Morgan fingerprint density at radius 3 is 2.68 bits per heavy atom. The molecule has 1 saturated heterocycles. The molecule has 0 N–H and O–H groups in total. The van der Waals surface area contributed by atoms with Crippen LogP contribution in [0.4, 0.5) is 5.69 Å². The first-order valence-corrected chi connectivity index (χ1v) is 6.21. The Morgan fingerprint density at radius 2 is 2.16 bits per heavy atom. The highest BCUT2D eigenvalue weighted by molar-refractivity contribution is 6.24. The highest BCUT2D eigenvalue weighted by atomic mass is 35.5. The van der Waals surface area contributed by atoms with Crippen LogP contribution >= 0.6 is 11.6 Å². The summed E-state index contributed by atoms with van der Waals surface area (Å²) < 4.78 is 9.81. The lowest BCUT2D eigenvalue weighted by molar-refractivity contribution is -0.117. The normalized spacial score (nSPS) is 18.6. The highest BCUT2D eigenvalue weighted by Gasteiger charge is 2.31. The summed E-state index contributed by atoms with van der Waals surface area (Å²) in [5.41, 5.74) is 0.793. The third-order valence-corrected chi connectivity index (χ3v) is 3.27. The van der Waals surface area contributed by atoms with E-state index in [4.69, 9.17) is 21.1 Å². The number of halogens is 1. The molecule has 1 aliphatic rings. The van der Waals surface area contributed by atoms with Crippen LogP contribution < -0.4 is 9.64 Å². The minimum atomic E-state index is -0.514. The van der Waals surface area contributed by atoms with Gasteiger partial charge in [-0.25, -0.2) is 4.79 Å². The third kappa shape index (κ3) is 2.66. The summed E-state index contributed by atoms with van der Waals surface area (Å²) in [5, 5.41) is -0.236. The number of ether oxygens (including phenoxy) is 2. The van der Waals surface area contributed by atoms with Crippen molar-refractivity contribution in [2.45, 2.75) is 11.8 Å². The van der Waals surface area contributed by atoms with Gasteiger partial charge in [-0.05, 0) is 18.2 Å². The zero-order chi connectivity index (χ0) is 14.0. The molecule has 1 amide bonds. The van der Waals surface area contributed by atoms with Crippen LogP contribution in [0.1, 0.15) is 16.8 Å². The van der Waals surface area contributed by atoms with Crippen LogP contribution in [0.15, 0.2) is 18.2 Å². The summed E-state index contributed by atoms with van der Waals surface area (Å²) in [5.74, 6) is -0.0896. The fourth-order valence-corrected chi connectivity index (χ4v) is 2.32. The number of alkyl halides is 1. The molecule has 6 heteroatoms. The highest BCUT2D eigenvalue weighted by Crippen LogP contribution is 2.30. The number of esters is 1. The molecule has 1 aromatic carbocycles. The Hall–Kier alpha value is -1.75. The van der Waals surface area contributed by atoms with Gasteiger partial charge < -0.3 is 14.4 Å². The van der Waals surface area contributed by atoms with E-state index in [0.717, 1.165) is 0 Å². The minimum Gasteiger partial charge on any atom is -0.497 e. The molecule has 1 unspecified atom stereocenters. The number of rotatable bonds is 3. The van der Waals surface area contributed by atoms with E-state index in [2.05, 4.69) is 0 Å². The first-order chi connectivity index (χ1) is 9.06. The fourth-order valence-electron chi connectivity index (χ4n) is 2.05. The number of nitrogens with zero attached hydrogens (tertiary/aromatic N) is 1. The van der Waals surface area contributed by atoms with E-state index in [-0.39, 0.29) is 17.7 Å². The Balaban J connectivity index is 2.44. The van der Waals surface area contributed by atoms with Crippen molar-refractivity contribution in [2.24, 2.45) is 0 Å². The molecule has 0 radical (unpaired) electrons. The number of hydrogen-bond donors (Lipinski definition) is 0. The van der Waals surface area contributed by atoms with Gasteiger partial charge in [-0.3, -0.25) is 4.79 Å².